The quantitative estimate of drug-likeness (QED) is 0.569. The summed E-state index contributed by atoms with van der Waals surface area (Å²) in [7, 11) is 0. The molecule has 0 amide bonds. The summed E-state index contributed by atoms with van der Waals surface area (Å²) in [5.41, 5.74) is 1.01. The molecule has 0 spiro atoms. The Morgan fingerprint density at radius 3 is 2.12 bits per heavy atom. The van der Waals surface area contributed by atoms with Crippen LogP contribution in [0.3, 0.4) is 0 Å². The first kappa shape index (κ1) is 5.74. The maximum absolute atomic E-state index is 3.91. The molecule has 0 fully saturated rings. The van der Waals surface area contributed by atoms with Crippen LogP contribution in [0.1, 0.15) is 0 Å². The molecule has 1 aromatic rings. The number of hydrogen-bond acceptors (Lipinski definition) is 1. The van der Waals surface area contributed by atoms with Gasteiger partial charge in [-0.05, 0) is 0 Å². The Balaban J connectivity index is 2.99. The van der Waals surface area contributed by atoms with E-state index in [0.717, 1.165) is 5.69 Å². The first-order chi connectivity index (χ1) is 3.93. The van der Waals surface area contributed by atoms with Crippen LogP contribution in [0.5, 0.6) is 0 Å². The molecule has 0 saturated heterocycles. The Labute approximate surface area is 57.5 Å². The van der Waals surface area contributed by atoms with Gasteiger partial charge >= 0.3 is 57.0 Å². The fraction of sp³-hybridized carbons (Fsp3) is 0. The van der Waals surface area contributed by atoms with Crippen LogP contribution in [0.15, 0.2) is 34.1 Å². The van der Waals surface area contributed by atoms with E-state index < -0.39 is 0 Å². The average molecular weight is 142 g/mol. The third-order valence-electron chi connectivity index (χ3n) is 0.872. The van der Waals surface area contributed by atoms with E-state index in [2.05, 4.69) is 21.0 Å². The molecule has 0 bridgehead atoms. The van der Waals surface area contributed by atoms with Gasteiger partial charge in [-0.2, -0.15) is 0 Å². The second-order valence-electron chi connectivity index (χ2n) is 1.44. The molecule has 1 aromatic carbocycles. The molecule has 0 heterocycles. The Bertz CT molecular complexity index is 171. The molecule has 0 aliphatic heterocycles. The maximum atomic E-state index is 3.91. The third-order valence-corrected chi connectivity index (χ3v) is 1.23. The van der Waals surface area contributed by atoms with Gasteiger partial charge in [-0.1, -0.05) is 0 Å². The van der Waals surface area contributed by atoms with Gasteiger partial charge in [0, 0.05) is 0 Å². The van der Waals surface area contributed by atoms with Crippen molar-refractivity contribution in [1.82, 2.24) is 0 Å². The summed E-state index contributed by atoms with van der Waals surface area (Å²) in [4.78, 5) is 0. The number of benzene rings is 1. The first-order valence-corrected chi connectivity index (χ1v) is 2.96. The van der Waals surface area contributed by atoms with Crippen molar-refractivity contribution in [3.05, 3.63) is 30.3 Å². The minimum atomic E-state index is 1.01. The van der Waals surface area contributed by atoms with Crippen molar-refractivity contribution in [2.75, 3.05) is 0 Å². The molecule has 0 aliphatic carbocycles. The van der Waals surface area contributed by atoms with Gasteiger partial charge in [0.1, 0.15) is 0 Å². The monoisotopic (exact) mass is 142 g/mol. The number of rotatable bonds is 1. The van der Waals surface area contributed by atoms with Crippen molar-refractivity contribution in [3.8, 4) is 0 Å². The van der Waals surface area contributed by atoms with Crippen molar-refractivity contribution in [2.24, 2.45) is 3.79 Å². The third kappa shape index (κ3) is 1.29. The first-order valence-electron chi connectivity index (χ1n) is 2.33. The van der Waals surface area contributed by atoms with E-state index in [1.54, 1.807) is 0 Å². The summed E-state index contributed by atoms with van der Waals surface area (Å²) >= 11 is 2.19. The van der Waals surface area contributed by atoms with Crippen molar-refractivity contribution in [1.29, 1.82) is 0 Å². The molecule has 0 saturated carbocycles. The van der Waals surface area contributed by atoms with Gasteiger partial charge in [0.25, 0.3) is 0 Å². The fourth-order valence-corrected chi connectivity index (χ4v) is 0.703. The normalized spacial score (nSPS) is 8.38. The average Bonchev–Trinajstić information content (AvgIpc) is 1.90. The van der Waals surface area contributed by atoms with Crippen molar-refractivity contribution >= 4 is 5.69 Å². The molecule has 0 unspecified atom stereocenters. The standard InChI is InChI=1S/C6H5N.V/c7-6-4-2-1-3-5-6;/h1-5H;. The van der Waals surface area contributed by atoms with Crippen LogP contribution in [0.4, 0.5) is 5.69 Å². The zero-order chi connectivity index (χ0) is 5.82. The van der Waals surface area contributed by atoms with Gasteiger partial charge < -0.3 is 0 Å². The zero-order valence-electron chi connectivity index (χ0n) is 4.28. The van der Waals surface area contributed by atoms with E-state index in [1.807, 2.05) is 30.3 Å². The van der Waals surface area contributed by atoms with Crippen LogP contribution in [-0.4, -0.2) is 0 Å². The van der Waals surface area contributed by atoms with Crippen LogP contribution in [0, 0.1) is 0 Å². The van der Waals surface area contributed by atoms with Crippen LogP contribution in [0.2, 0.25) is 0 Å². The second-order valence-corrected chi connectivity index (χ2v) is 1.75. The molecule has 2 heteroatoms. The van der Waals surface area contributed by atoms with Crippen molar-refractivity contribution in [3.63, 3.8) is 0 Å². The molecule has 0 atom stereocenters. The van der Waals surface area contributed by atoms with E-state index in [1.165, 1.54) is 0 Å². The molecule has 0 N–H and O–H groups in total. The van der Waals surface area contributed by atoms with E-state index in [9.17, 15) is 0 Å². The predicted octanol–water partition coefficient (Wildman–Crippen LogP) is 2.05. The van der Waals surface area contributed by atoms with Crippen LogP contribution < -0.4 is 0 Å². The molecule has 0 radical (unpaired) electrons. The molecular formula is C6H5NV. The van der Waals surface area contributed by atoms with Crippen molar-refractivity contribution < 1.29 is 17.2 Å². The summed E-state index contributed by atoms with van der Waals surface area (Å²) in [6, 6.07) is 9.82. The van der Waals surface area contributed by atoms with Gasteiger partial charge in [-0.15, -0.1) is 0 Å². The van der Waals surface area contributed by atoms with E-state index in [4.69, 9.17) is 0 Å². The Hall–Kier alpha value is -0.396. The van der Waals surface area contributed by atoms with E-state index in [0.29, 0.717) is 0 Å². The Morgan fingerprint density at radius 2 is 1.75 bits per heavy atom. The van der Waals surface area contributed by atoms with Gasteiger partial charge in [0.05, 0.1) is 0 Å². The zero-order valence-corrected chi connectivity index (χ0v) is 5.68. The van der Waals surface area contributed by atoms with Gasteiger partial charge in [-0.25, -0.2) is 0 Å². The number of hydrogen-bond donors (Lipinski definition) is 0. The van der Waals surface area contributed by atoms with Crippen molar-refractivity contribution in [2.45, 2.75) is 0 Å². The molecule has 1 rings (SSSR count). The Kier molecular flexibility index (Phi) is 2.01. The SMILES string of the molecule is [V]=[N]c1ccccc1. The fourth-order valence-electron chi connectivity index (χ4n) is 0.495. The molecule has 1 nitrogen and oxygen atoms in total. The summed E-state index contributed by atoms with van der Waals surface area (Å²) in [6.07, 6.45) is 0. The van der Waals surface area contributed by atoms with Crippen LogP contribution >= 0.6 is 0 Å². The minimum absolute atomic E-state index is 1.01. The molecule has 0 aromatic heterocycles. The van der Waals surface area contributed by atoms with Crippen LogP contribution in [-0.2, 0) is 17.2 Å². The summed E-state index contributed by atoms with van der Waals surface area (Å²) in [6.45, 7) is 0. The number of nitrogens with zero attached hydrogens (tertiary/aromatic N) is 1. The predicted molar refractivity (Wildman–Crippen MR) is 28.5 cm³/mol. The van der Waals surface area contributed by atoms with E-state index >= 15 is 0 Å². The second kappa shape index (κ2) is 2.80. The molecule has 8 heavy (non-hydrogen) atoms. The van der Waals surface area contributed by atoms with Crippen LogP contribution in [0.25, 0.3) is 0 Å². The molecule has 39 valence electrons. The summed E-state index contributed by atoms with van der Waals surface area (Å²) in [5, 5.41) is 0. The van der Waals surface area contributed by atoms with Gasteiger partial charge in [0.15, 0.2) is 0 Å². The summed E-state index contributed by atoms with van der Waals surface area (Å²) < 4.78 is 3.91. The molecule has 0 aliphatic rings. The molecular weight excluding hydrogens is 137 g/mol. The van der Waals surface area contributed by atoms with Gasteiger partial charge in [0.2, 0.25) is 0 Å². The summed E-state index contributed by atoms with van der Waals surface area (Å²) in [5.74, 6) is 0. The van der Waals surface area contributed by atoms with Gasteiger partial charge in [-0.3, -0.25) is 0 Å². The van der Waals surface area contributed by atoms with E-state index in [-0.39, 0.29) is 0 Å². The topological polar surface area (TPSA) is 12.4 Å². The Morgan fingerprint density at radius 1 is 1.12 bits per heavy atom.